The standard InChI is InChI=1S/C18H20N2O4/c1-3-23-14-10-9-13(17(11-14)24-4-2)12-19-20-18(22)15-7-5-6-8-16(15)21/h5-12,21H,3-4H2,1-2H3,(H,20,22)/b19-12-. The van der Waals surface area contributed by atoms with Crippen LogP contribution in [0.3, 0.4) is 0 Å². The van der Waals surface area contributed by atoms with Crippen molar-refractivity contribution in [2.45, 2.75) is 13.8 Å². The summed E-state index contributed by atoms with van der Waals surface area (Å²) < 4.78 is 11.0. The third-order valence-corrected chi connectivity index (χ3v) is 3.11. The molecule has 0 aliphatic rings. The Labute approximate surface area is 140 Å². The number of hydrogen-bond donors (Lipinski definition) is 2. The lowest BCUT2D eigenvalue weighted by molar-refractivity contribution is 0.0952. The molecule has 0 aliphatic heterocycles. The minimum absolute atomic E-state index is 0.0960. The lowest BCUT2D eigenvalue weighted by Crippen LogP contribution is -2.17. The summed E-state index contributed by atoms with van der Waals surface area (Å²) in [6.45, 7) is 4.86. The largest absolute Gasteiger partial charge is 0.507 e. The summed E-state index contributed by atoms with van der Waals surface area (Å²) in [7, 11) is 0. The molecular weight excluding hydrogens is 308 g/mol. The van der Waals surface area contributed by atoms with Crippen LogP contribution >= 0.6 is 0 Å². The normalized spacial score (nSPS) is 10.6. The number of ether oxygens (including phenoxy) is 2. The Morgan fingerprint density at radius 1 is 1.17 bits per heavy atom. The van der Waals surface area contributed by atoms with E-state index in [9.17, 15) is 9.90 Å². The van der Waals surface area contributed by atoms with Crippen molar-refractivity contribution in [3.63, 3.8) is 0 Å². The molecule has 0 saturated carbocycles. The van der Waals surface area contributed by atoms with Crippen LogP contribution in [-0.4, -0.2) is 30.4 Å². The lowest BCUT2D eigenvalue weighted by atomic mass is 10.2. The summed E-state index contributed by atoms with van der Waals surface area (Å²) >= 11 is 0. The van der Waals surface area contributed by atoms with Gasteiger partial charge >= 0.3 is 0 Å². The maximum atomic E-state index is 12.0. The fraction of sp³-hybridized carbons (Fsp3) is 0.222. The Kier molecular flexibility index (Phi) is 6.19. The third-order valence-electron chi connectivity index (χ3n) is 3.11. The number of carbonyl (C=O) groups is 1. The van der Waals surface area contributed by atoms with Crippen LogP contribution < -0.4 is 14.9 Å². The molecule has 2 aromatic carbocycles. The number of hydrazone groups is 1. The van der Waals surface area contributed by atoms with Gasteiger partial charge in [0.05, 0.1) is 25.0 Å². The zero-order valence-electron chi connectivity index (χ0n) is 13.7. The number of para-hydroxylation sites is 1. The highest BCUT2D eigenvalue weighted by molar-refractivity contribution is 5.97. The quantitative estimate of drug-likeness (QED) is 0.605. The van der Waals surface area contributed by atoms with E-state index in [-0.39, 0.29) is 11.3 Å². The lowest BCUT2D eigenvalue weighted by Gasteiger charge is -2.10. The predicted octanol–water partition coefficient (Wildman–Crippen LogP) is 2.95. The van der Waals surface area contributed by atoms with Crippen molar-refractivity contribution in [2.75, 3.05) is 13.2 Å². The van der Waals surface area contributed by atoms with Crippen molar-refractivity contribution in [3.8, 4) is 17.2 Å². The van der Waals surface area contributed by atoms with Crippen LogP contribution in [0.5, 0.6) is 17.2 Å². The second-order valence-corrected chi connectivity index (χ2v) is 4.78. The summed E-state index contributed by atoms with van der Waals surface area (Å²) in [4.78, 5) is 12.0. The monoisotopic (exact) mass is 328 g/mol. The molecule has 2 N–H and O–H groups in total. The molecule has 0 aromatic heterocycles. The van der Waals surface area contributed by atoms with E-state index in [1.165, 1.54) is 18.3 Å². The minimum atomic E-state index is -0.492. The van der Waals surface area contributed by atoms with Crippen LogP contribution in [0, 0.1) is 0 Å². The van der Waals surface area contributed by atoms with Gasteiger partial charge in [0.25, 0.3) is 5.91 Å². The van der Waals surface area contributed by atoms with E-state index in [0.717, 1.165) is 0 Å². The Hall–Kier alpha value is -3.02. The second kappa shape index (κ2) is 8.57. The SMILES string of the molecule is CCOc1ccc(/C=N\NC(=O)c2ccccc2O)c(OCC)c1. The van der Waals surface area contributed by atoms with Crippen LogP contribution in [0.15, 0.2) is 47.6 Å². The van der Waals surface area contributed by atoms with Gasteiger partial charge in [-0.15, -0.1) is 0 Å². The molecule has 0 unspecified atom stereocenters. The number of phenolic OH excluding ortho intramolecular Hbond substituents is 1. The molecule has 6 heteroatoms. The second-order valence-electron chi connectivity index (χ2n) is 4.78. The molecule has 0 atom stereocenters. The Morgan fingerprint density at radius 3 is 2.62 bits per heavy atom. The molecule has 6 nitrogen and oxygen atoms in total. The van der Waals surface area contributed by atoms with E-state index >= 15 is 0 Å². The van der Waals surface area contributed by atoms with Crippen LogP contribution in [-0.2, 0) is 0 Å². The van der Waals surface area contributed by atoms with Crippen molar-refractivity contribution >= 4 is 12.1 Å². The molecule has 1 amide bonds. The van der Waals surface area contributed by atoms with E-state index in [1.807, 2.05) is 13.8 Å². The van der Waals surface area contributed by atoms with E-state index in [0.29, 0.717) is 30.3 Å². The number of nitrogens with one attached hydrogen (secondary N) is 1. The van der Waals surface area contributed by atoms with E-state index in [2.05, 4.69) is 10.5 Å². The fourth-order valence-corrected chi connectivity index (χ4v) is 2.04. The number of phenols is 1. The Morgan fingerprint density at radius 2 is 1.92 bits per heavy atom. The molecule has 0 fully saturated rings. The molecule has 0 bridgehead atoms. The highest BCUT2D eigenvalue weighted by Crippen LogP contribution is 2.24. The van der Waals surface area contributed by atoms with Crippen LogP contribution in [0.1, 0.15) is 29.8 Å². The van der Waals surface area contributed by atoms with Crippen molar-refractivity contribution in [1.29, 1.82) is 0 Å². The molecule has 2 rings (SSSR count). The molecule has 126 valence electrons. The Bertz CT molecular complexity index is 729. The number of nitrogens with zero attached hydrogens (tertiary/aromatic N) is 1. The molecule has 0 aliphatic carbocycles. The predicted molar refractivity (Wildman–Crippen MR) is 91.9 cm³/mol. The number of benzene rings is 2. The van der Waals surface area contributed by atoms with Crippen LogP contribution in [0.4, 0.5) is 0 Å². The fourth-order valence-electron chi connectivity index (χ4n) is 2.04. The third kappa shape index (κ3) is 4.49. The van der Waals surface area contributed by atoms with Gasteiger partial charge in [-0.1, -0.05) is 12.1 Å². The zero-order valence-corrected chi connectivity index (χ0v) is 13.7. The van der Waals surface area contributed by atoms with Gasteiger partial charge in [-0.05, 0) is 38.1 Å². The Balaban J connectivity index is 2.10. The molecule has 2 aromatic rings. The average molecular weight is 328 g/mol. The van der Waals surface area contributed by atoms with E-state index in [4.69, 9.17) is 9.47 Å². The number of rotatable bonds is 7. The molecule has 0 spiro atoms. The average Bonchev–Trinajstić information content (AvgIpc) is 2.57. The van der Waals surface area contributed by atoms with Gasteiger partial charge in [0.1, 0.15) is 17.2 Å². The van der Waals surface area contributed by atoms with Crippen molar-refractivity contribution in [1.82, 2.24) is 5.43 Å². The topological polar surface area (TPSA) is 80.2 Å². The zero-order chi connectivity index (χ0) is 17.4. The molecule has 24 heavy (non-hydrogen) atoms. The summed E-state index contributed by atoms with van der Waals surface area (Å²) in [5.74, 6) is 0.731. The first-order valence-electron chi connectivity index (χ1n) is 7.66. The summed E-state index contributed by atoms with van der Waals surface area (Å²) in [5, 5.41) is 13.6. The van der Waals surface area contributed by atoms with Crippen LogP contribution in [0.2, 0.25) is 0 Å². The summed E-state index contributed by atoms with van der Waals surface area (Å²) in [6, 6.07) is 11.6. The first kappa shape index (κ1) is 17.3. The van der Waals surface area contributed by atoms with Gasteiger partial charge < -0.3 is 14.6 Å². The van der Waals surface area contributed by atoms with E-state index in [1.54, 1.807) is 30.3 Å². The highest BCUT2D eigenvalue weighted by Gasteiger charge is 2.09. The molecular formula is C18H20N2O4. The minimum Gasteiger partial charge on any atom is -0.507 e. The van der Waals surface area contributed by atoms with Crippen molar-refractivity contribution in [3.05, 3.63) is 53.6 Å². The summed E-state index contributed by atoms with van der Waals surface area (Å²) in [6.07, 6.45) is 1.48. The van der Waals surface area contributed by atoms with Gasteiger partial charge in [-0.3, -0.25) is 4.79 Å². The molecule has 0 radical (unpaired) electrons. The maximum Gasteiger partial charge on any atom is 0.275 e. The molecule has 0 heterocycles. The highest BCUT2D eigenvalue weighted by atomic mass is 16.5. The first-order chi connectivity index (χ1) is 11.7. The number of aromatic hydroxyl groups is 1. The maximum absolute atomic E-state index is 12.0. The van der Waals surface area contributed by atoms with E-state index < -0.39 is 5.91 Å². The van der Waals surface area contributed by atoms with Crippen molar-refractivity contribution < 1.29 is 19.4 Å². The summed E-state index contributed by atoms with van der Waals surface area (Å²) in [5.41, 5.74) is 3.25. The molecule has 0 saturated heterocycles. The van der Waals surface area contributed by atoms with Gasteiger partial charge in [0, 0.05) is 11.6 Å². The number of carbonyl (C=O) groups excluding carboxylic acids is 1. The smallest absolute Gasteiger partial charge is 0.275 e. The van der Waals surface area contributed by atoms with Gasteiger partial charge in [-0.25, -0.2) is 5.43 Å². The van der Waals surface area contributed by atoms with Gasteiger partial charge in [0.2, 0.25) is 0 Å². The van der Waals surface area contributed by atoms with Gasteiger partial charge in [-0.2, -0.15) is 5.10 Å². The number of amides is 1. The van der Waals surface area contributed by atoms with Crippen molar-refractivity contribution in [2.24, 2.45) is 5.10 Å². The first-order valence-corrected chi connectivity index (χ1v) is 7.66. The van der Waals surface area contributed by atoms with Gasteiger partial charge in [0.15, 0.2) is 0 Å². The van der Waals surface area contributed by atoms with Crippen LogP contribution in [0.25, 0.3) is 0 Å². The number of hydrogen-bond acceptors (Lipinski definition) is 5.